The lowest BCUT2D eigenvalue weighted by Crippen LogP contribution is -2.47. The van der Waals surface area contributed by atoms with Gasteiger partial charge in [0, 0.05) is 6.42 Å². The summed E-state index contributed by atoms with van der Waals surface area (Å²) < 4.78 is 32.2. The standard InChI is InChI=1S/C34H69NO5S/c1-3-5-7-9-11-12-13-14-15-16-17-18-19-20-21-22-24-26-28-30-34(37)35-32(31-41(38,39)40)33(36)29-27-25-23-10-8-6-4-2/h32-33,36H,3-31H2,1-2H3,(H,35,37)(H,38,39,40). The van der Waals surface area contributed by atoms with E-state index in [1.807, 2.05) is 0 Å². The van der Waals surface area contributed by atoms with Gasteiger partial charge in [-0.2, -0.15) is 8.42 Å². The van der Waals surface area contributed by atoms with Crippen LogP contribution in [0.3, 0.4) is 0 Å². The molecular formula is C34H69NO5S. The largest absolute Gasteiger partial charge is 0.391 e. The molecule has 0 saturated carbocycles. The maximum absolute atomic E-state index is 12.4. The van der Waals surface area contributed by atoms with Gasteiger partial charge in [-0.3, -0.25) is 9.35 Å². The Morgan fingerprint density at radius 1 is 0.561 bits per heavy atom. The van der Waals surface area contributed by atoms with Crippen molar-refractivity contribution in [3.8, 4) is 0 Å². The molecule has 0 radical (unpaired) electrons. The highest BCUT2D eigenvalue weighted by atomic mass is 32.2. The van der Waals surface area contributed by atoms with Crippen molar-refractivity contribution >= 4 is 16.0 Å². The topological polar surface area (TPSA) is 104 Å². The SMILES string of the molecule is CCCCCCCCCCCCCCCCCCCCCC(=O)NC(CS(=O)(=O)O)C(O)CCCCCCCCC. The average molecular weight is 604 g/mol. The summed E-state index contributed by atoms with van der Waals surface area (Å²) >= 11 is 0. The summed E-state index contributed by atoms with van der Waals surface area (Å²) in [5, 5.41) is 13.2. The first kappa shape index (κ1) is 40.3. The third-order valence-corrected chi connectivity index (χ3v) is 9.09. The molecule has 2 unspecified atom stereocenters. The minimum absolute atomic E-state index is 0.246. The van der Waals surface area contributed by atoms with E-state index < -0.39 is 28.0 Å². The Morgan fingerprint density at radius 2 is 0.878 bits per heavy atom. The molecule has 0 rings (SSSR count). The summed E-state index contributed by atoms with van der Waals surface area (Å²) in [5.41, 5.74) is 0. The number of nitrogens with one attached hydrogen (secondary N) is 1. The Labute approximate surface area is 255 Å². The quantitative estimate of drug-likeness (QED) is 0.0524. The molecule has 6 nitrogen and oxygen atoms in total. The molecule has 0 heterocycles. The molecule has 0 aromatic heterocycles. The van der Waals surface area contributed by atoms with E-state index in [2.05, 4.69) is 19.2 Å². The minimum atomic E-state index is -4.29. The van der Waals surface area contributed by atoms with Gasteiger partial charge in [-0.25, -0.2) is 0 Å². The first-order valence-electron chi connectivity index (χ1n) is 17.7. The van der Waals surface area contributed by atoms with Crippen molar-refractivity contribution in [2.24, 2.45) is 0 Å². The third kappa shape index (κ3) is 30.6. The van der Waals surface area contributed by atoms with E-state index in [4.69, 9.17) is 0 Å². The molecular weight excluding hydrogens is 534 g/mol. The van der Waals surface area contributed by atoms with Gasteiger partial charge in [-0.1, -0.05) is 174 Å². The van der Waals surface area contributed by atoms with Crippen LogP contribution in [0.25, 0.3) is 0 Å². The van der Waals surface area contributed by atoms with Crippen molar-refractivity contribution in [1.29, 1.82) is 0 Å². The zero-order valence-corrected chi connectivity index (χ0v) is 28.0. The molecule has 3 N–H and O–H groups in total. The van der Waals surface area contributed by atoms with E-state index >= 15 is 0 Å². The molecule has 0 aromatic carbocycles. The summed E-state index contributed by atoms with van der Waals surface area (Å²) in [5.74, 6) is -0.889. The summed E-state index contributed by atoms with van der Waals surface area (Å²) in [6.45, 7) is 4.46. The molecule has 0 aliphatic rings. The number of rotatable bonds is 32. The second kappa shape index (κ2) is 29.4. The highest BCUT2D eigenvalue weighted by Crippen LogP contribution is 2.16. The van der Waals surface area contributed by atoms with Crippen molar-refractivity contribution in [2.75, 3.05) is 5.75 Å². The fourth-order valence-corrected chi connectivity index (χ4v) is 6.39. The van der Waals surface area contributed by atoms with Crippen LogP contribution in [0.1, 0.15) is 194 Å². The van der Waals surface area contributed by atoms with Crippen LogP contribution in [-0.4, -0.2) is 41.9 Å². The fourth-order valence-electron chi connectivity index (χ4n) is 5.63. The average Bonchev–Trinajstić information content (AvgIpc) is 2.92. The number of aliphatic hydroxyl groups is 1. The highest BCUT2D eigenvalue weighted by molar-refractivity contribution is 7.85. The van der Waals surface area contributed by atoms with Gasteiger partial charge in [0.25, 0.3) is 10.1 Å². The van der Waals surface area contributed by atoms with Crippen LogP contribution < -0.4 is 5.32 Å². The molecule has 0 saturated heterocycles. The number of carbonyl (C=O) groups excluding carboxylic acids is 1. The van der Waals surface area contributed by atoms with Crippen molar-refractivity contribution in [1.82, 2.24) is 5.32 Å². The van der Waals surface area contributed by atoms with E-state index in [1.54, 1.807) is 0 Å². The smallest absolute Gasteiger partial charge is 0.266 e. The van der Waals surface area contributed by atoms with E-state index in [0.717, 1.165) is 38.5 Å². The molecule has 0 aliphatic carbocycles. The van der Waals surface area contributed by atoms with Gasteiger partial charge in [0.1, 0.15) is 0 Å². The zero-order chi connectivity index (χ0) is 30.4. The molecule has 41 heavy (non-hydrogen) atoms. The van der Waals surface area contributed by atoms with Gasteiger partial charge in [0.15, 0.2) is 0 Å². The van der Waals surface area contributed by atoms with Crippen LogP contribution in [0.15, 0.2) is 0 Å². The van der Waals surface area contributed by atoms with Crippen molar-refractivity contribution < 1.29 is 22.9 Å². The van der Waals surface area contributed by atoms with Crippen LogP contribution in [-0.2, 0) is 14.9 Å². The van der Waals surface area contributed by atoms with Gasteiger partial charge in [0.2, 0.25) is 5.91 Å². The Hall–Kier alpha value is -0.660. The first-order valence-corrected chi connectivity index (χ1v) is 19.3. The van der Waals surface area contributed by atoms with Crippen LogP contribution in [0, 0.1) is 0 Å². The summed E-state index contributed by atoms with van der Waals surface area (Å²) in [6, 6.07) is -0.960. The lowest BCUT2D eigenvalue weighted by Gasteiger charge is -2.23. The Bertz CT molecular complexity index is 670. The maximum atomic E-state index is 12.4. The van der Waals surface area contributed by atoms with Gasteiger partial charge >= 0.3 is 0 Å². The van der Waals surface area contributed by atoms with Gasteiger partial charge in [-0.05, 0) is 12.8 Å². The van der Waals surface area contributed by atoms with Gasteiger partial charge < -0.3 is 10.4 Å². The van der Waals surface area contributed by atoms with E-state index in [-0.39, 0.29) is 5.91 Å². The molecule has 246 valence electrons. The van der Waals surface area contributed by atoms with Gasteiger partial charge in [0.05, 0.1) is 17.9 Å². The van der Waals surface area contributed by atoms with Crippen LogP contribution >= 0.6 is 0 Å². The monoisotopic (exact) mass is 603 g/mol. The first-order chi connectivity index (χ1) is 19.8. The molecule has 1 amide bonds. The third-order valence-electron chi connectivity index (χ3n) is 8.31. The van der Waals surface area contributed by atoms with E-state index in [1.165, 1.54) is 128 Å². The van der Waals surface area contributed by atoms with Gasteiger partial charge in [-0.15, -0.1) is 0 Å². The number of aliphatic hydroxyl groups excluding tert-OH is 1. The van der Waals surface area contributed by atoms with Crippen LogP contribution in [0.4, 0.5) is 0 Å². The van der Waals surface area contributed by atoms with E-state index in [9.17, 15) is 22.9 Å². The summed E-state index contributed by atoms with van der Waals surface area (Å²) in [4.78, 5) is 12.4. The molecule has 0 fully saturated rings. The molecule has 0 bridgehead atoms. The number of unbranched alkanes of at least 4 members (excludes halogenated alkanes) is 24. The Balaban J connectivity index is 3.76. The predicted molar refractivity (Wildman–Crippen MR) is 175 cm³/mol. The second-order valence-electron chi connectivity index (χ2n) is 12.5. The van der Waals surface area contributed by atoms with Crippen molar-refractivity contribution in [3.05, 3.63) is 0 Å². The molecule has 0 aliphatic heterocycles. The molecule has 2 atom stereocenters. The molecule has 0 spiro atoms. The Kier molecular flexibility index (Phi) is 28.9. The summed E-state index contributed by atoms with van der Waals surface area (Å²) in [7, 11) is -4.29. The summed E-state index contributed by atoms with van der Waals surface area (Å²) in [6.07, 6.45) is 32.2. The normalized spacial score (nSPS) is 13.4. The number of hydrogen-bond donors (Lipinski definition) is 3. The second-order valence-corrected chi connectivity index (χ2v) is 14.0. The van der Waals surface area contributed by atoms with Crippen LogP contribution in [0.2, 0.25) is 0 Å². The zero-order valence-electron chi connectivity index (χ0n) is 27.2. The number of amides is 1. The van der Waals surface area contributed by atoms with Crippen LogP contribution in [0.5, 0.6) is 0 Å². The van der Waals surface area contributed by atoms with Crippen molar-refractivity contribution in [3.63, 3.8) is 0 Å². The molecule has 7 heteroatoms. The minimum Gasteiger partial charge on any atom is -0.391 e. The Morgan fingerprint density at radius 3 is 1.22 bits per heavy atom. The number of hydrogen-bond acceptors (Lipinski definition) is 4. The lowest BCUT2D eigenvalue weighted by atomic mass is 10.0. The van der Waals surface area contributed by atoms with Crippen molar-refractivity contribution in [2.45, 2.75) is 206 Å². The fraction of sp³-hybridized carbons (Fsp3) is 0.971. The molecule has 0 aromatic rings. The van der Waals surface area contributed by atoms with E-state index in [0.29, 0.717) is 12.8 Å². The maximum Gasteiger partial charge on any atom is 0.266 e. The highest BCUT2D eigenvalue weighted by Gasteiger charge is 2.26. The predicted octanol–water partition coefficient (Wildman–Crippen LogP) is 9.68. The lowest BCUT2D eigenvalue weighted by molar-refractivity contribution is -0.122. The number of carbonyl (C=O) groups is 1.